The zero-order chi connectivity index (χ0) is 60.7. The molecule has 10 heteroatoms. The molecule has 0 spiro atoms. The van der Waals surface area contributed by atoms with Crippen molar-refractivity contribution in [2.75, 3.05) is 40.9 Å². The zero-order valence-corrected chi connectivity index (χ0v) is 55.6. The topological polar surface area (TPSA) is 111 Å². The Morgan fingerprint density at radius 1 is 0.434 bits per heavy atom. The van der Waals surface area contributed by atoms with Gasteiger partial charge in [-0.3, -0.25) is 18.6 Å². The van der Waals surface area contributed by atoms with Crippen molar-refractivity contribution < 1.29 is 37.3 Å². The molecule has 0 aromatic heterocycles. The summed E-state index contributed by atoms with van der Waals surface area (Å²) in [5, 5.41) is 3.06. The lowest BCUT2D eigenvalue weighted by Crippen LogP contribution is -2.47. The maximum atomic E-state index is 13.6. The van der Waals surface area contributed by atoms with Crippen molar-refractivity contribution in [1.29, 1.82) is 0 Å². The number of hydrogen-bond acceptors (Lipinski definition) is 6. The molecule has 0 heterocycles. The molecule has 1 amide bonds. The van der Waals surface area contributed by atoms with Gasteiger partial charge >= 0.3 is 13.8 Å². The van der Waals surface area contributed by atoms with Crippen molar-refractivity contribution in [3.63, 3.8) is 0 Å². The summed E-state index contributed by atoms with van der Waals surface area (Å²) in [6, 6.07) is -0.865. The predicted molar refractivity (Wildman–Crippen MR) is 360 cm³/mol. The number of esters is 1. The summed E-state index contributed by atoms with van der Waals surface area (Å²) in [4.78, 5) is 37.9. The summed E-state index contributed by atoms with van der Waals surface area (Å²) in [7, 11) is 1.47. The molecule has 0 radical (unpaired) electrons. The number of allylic oxidation sites excluding steroid dienone is 17. The number of phosphoric acid groups is 1. The smallest absolute Gasteiger partial charge is 0.456 e. The van der Waals surface area contributed by atoms with Crippen molar-refractivity contribution in [3.05, 3.63) is 109 Å². The van der Waals surface area contributed by atoms with Crippen LogP contribution in [0, 0.1) is 0 Å². The summed E-state index contributed by atoms with van der Waals surface area (Å²) in [6.45, 7) is 6.87. The Kier molecular flexibility index (Phi) is 59.3. The number of carbonyl (C=O) groups is 2. The average molecular weight is 1180 g/mol. The second-order valence-corrected chi connectivity index (χ2v) is 25.4. The van der Waals surface area contributed by atoms with E-state index < -0.39 is 20.0 Å². The van der Waals surface area contributed by atoms with Crippen molar-refractivity contribution >= 4 is 19.7 Å². The van der Waals surface area contributed by atoms with Crippen LogP contribution in [-0.4, -0.2) is 74.3 Å². The molecular weight excluding hydrogens is 1050 g/mol. The molecule has 0 aliphatic rings. The lowest BCUT2D eigenvalue weighted by Gasteiger charge is -2.27. The van der Waals surface area contributed by atoms with Gasteiger partial charge in [0.15, 0.2) is 0 Å². The fourth-order valence-corrected chi connectivity index (χ4v) is 10.2. The van der Waals surface area contributed by atoms with Crippen LogP contribution < -0.4 is 5.32 Å². The van der Waals surface area contributed by atoms with E-state index in [1.165, 1.54) is 116 Å². The third-order valence-corrected chi connectivity index (χ3v) is 15.7. The second-order valence-electron chi connectivity index (χ2n) is 24.0. The van der Waals surface area contributed by atoms with E-state index in [1.54, 1.807) is 0 Å². The lowest BCUT2D eigenvalue weighted by atomic mass is 10.0. The number of hydrogen-bond donors (Lipinski definition) is 2. The van der Waals surface area contributed by atoms with Gasteiger partial charge in [0.1, 0.15) is 19.3 Å². The summed E-state index contributed by atoms with van der Waals surface area (Å²) in [5.41, 5.74) is 0. The minimum atomic E-state index is -4.46. The van der Waals surface area contributed by atoms with Crippen LogP contribution in [0.15, 0.2) is 109 Å². The normalized spacial score (nSPS) is 14.3. The van der Waals surface area contributed by atoms with Gasteiger partial charge < -0.3 is 19.4 Å². The minimum Gasteiger partial charge on any atom is -0.456 e. The van der Waals surface area contributed by atoms with Crippen molar-refractivity contribution in [2.24, 2.45) is 0 Å². The number of quaternary nitrogens is 1. The number of unbranched alkanes of at least 4 members (excludes halogenated alkanes) is 29. The Bertz CT molecular complexity index is 1790. The minimum absolute atomic E-state index is 0.0320. The van der Waals surface area contributed by atoms with Crippen LogP contribution >= 0.6 is 7.82 Å². The number of amides is 1. The van der Waals surface area contributed by atoms with Gasteiger partial charge in [0.25, 0.3) is 0 Å². The fraction of sp³-hybridized carbons (Fsp3) is 0.726. The van der Waals surface area contributed by atoms with Crippen molar-refractivity contribution in [3.8, 4) is 0 Å². The zero-order valence-electron chi connectivity index (χ0n) is 54.7. The van der Waals surface area contributed by atoms with Gasteiger partial charge in [-0.2, -0.15) is 0 Å². The van der Waals surface area contributed by atoms with E-state index >= 15 is 0 Å². The Morgan fingerprint density at radius 3 is 1.18 bits per heavy atom. The largest absolute Gasteiger partial charge is 0.472 e. The molecule has 2 N–H and O–H groups in total. The van der Waals surface area contributed by atoms with Gasteiger partial charge in [-0.25, -0.2) is 4.57 Å². The molecular formula is C73H130N2O7P+. The fourth-order valence-electron chi connectivity index (χ4n) is 9.44. The van der Waals surface area contributed by atoms with E-state index in [-0.39, 0.29) is 31.5 Å². The molecule has 0 saturated carbocycles. The van der Waals surface area contributed by atoms with E-state index in [0.29, 0.717) is 17.4 Å². The van der Waals surface area contributed by atoms with E-state index in [1.807, 2.05) is 33.3 Å². The van der Waals surface area contributed by atoms with Crippen LogP contribution in [0.1, 0.15) is 290 Å². The average Bonchev–Trinajstić information content (AvgIpc) is 3.46. The quantitative estimate of drug-likeness (QED) is 0.0205. The SMILES string of the molecule is CC/C=C\C/C=C\C/C=C\C/C=C\C/C=C\C/C=C\CCCCCCCCC(=O)OC(/C=C\CCCCCCCCCCCCC)C(COP(=O)(O)OCC[N+](C)(C)C)NC(=O)CCCCCCCCCCC/C=C\C/C=C\CCCCC. The highest BCUT2D eigenvalue weighted by atomic mass is 31.2. The number of nitrogens with one attached hydrogen (secondary N) is 1. The highest BCUT2D eigenvalue weighted by Crippen LogP contribution is 2.43. The van der Waals surface area contributed by atoms with Crippen LogP contribution in [0.3, 0.4) is 0 Å². The molecule has 0 bridgehead atoms. The van der Waals surface area contributed by atoms with Crippen molar-refractivity contribution in [1.82, 2.24) is 5.32 Å². The number of carbonyl (C=O) groups excluding carboxylic acids is 2. The Morgan fingerprint density at radius 2 is 0.771 bits per heavy atom. The number of rotatable bonds is 61. The summed E-state index contributed by atoms with van der Waals surface area (Å²) < 4.78 is 30.8. The predicted octanol–water partition coefficient (Wildman–Crippen LogP) is 21.7. The van der Waals surface area contributed by atoms with Crippen molar-refractivity contribution in [2.45, 2.75) is 303 Å². The van der Waals surface area contributed by atoms with Gasteiger partial charge in [0, 0.05) is 12.8 Å². The van der Waals surface area contributed by atoms with Gasteiger partial charge in [0.2, 0.25) is 5.91 Å². The summed E-state index contributed by atoms with van der Waals surface area (Å²) in [5.74, 6) is -0.527. The summed E-state index contributed by atoms with van der Waals surface area (Å²) >= 11 is 0. The Balaban J connectivity index is 5.21. The first-order valence-corrected chi connectivity index (χ1v) is 35.7. The number of phosphoric ester groups is 1. The second kappa shape index (κ2) is 61.7. The van der Waals surface area contributed by atoms with Gasteiger partial charge in [-0.15, -0.1) is 0 Å². The van der Waals surface area contributed by atoms with Gasteiger partial charge in [-0.1, -0.05) is 272 Å². The molecule has 478 valence electrons. The molecule has 0 saturated heterocycles. The van der Waals surface area contributed by atoms with Crippen LogP contribution in [0.5, 0.6) is 0 Å². The molecule has 0 rings (SSSR count). The maximum Gasteiger partial charge on any atom is 0.472 e. The molecule has 0 aliphatic heterocycles. The molecule has 3 unspecified atom stereocenters. The van der Waals surface area contributed by atoms with E-state index in [9.17, 15) is 19.0 Å². The summed E-state index contributed by atoms with van der Waals surface area (Å²) in [6.07, 6.45) is 85.1. The number of nitrogens with zero attached hydrogens (tertiary/aromatic N) is 1. The Hall–Kier alpha value is -3.33. The number of likely N-dealkylation sites (N-methyl/N-ethyl adjacent to an activating group) is 1. The first kappa shape index (κ1) is 79.7. The van der Waals surface area contributed by atoms with E-state index in [0.717, 1.165) is 141 Å². The maximum absolute atomic E-state index is 13.6. The molecule has 83 heavy (non-hydrogen) atoms. The highest BCUT2D eigenvalue weighted by Gasteiger charge is 2.30. The molecule has 3 atom stereocenters. The van der Waals surface area contributed by atoms with Crippen LogP contribution in [-0.2, 0) is 27.9 Å². The van der Waals surface area contributed by atoms with Gasteiger partial charge in [0.05, 0.1) is 33.8 Å². The van der Waals surface area contributed by atoms with Gasteiger partial charge in [-0.05, 0) is 115 Å². The first-order chi connectivity index (χ1) is 40.4. The van der Waals surface area contributed by atoms with Crippen LogP contribution in [0.4, 0.5) is 0 Å². The molecule has 9 nitrogen and oxygen atoms in total. The molecule has 0 fully saturated rings. The molecule has 0 aromatic rings. The Labute approximate surface area is 512 Å². The number of ether oxygens (including phenoxy) is 1. The third kappa shape index (κ3) is 63.0. The monoisotopic (exact) mass is 1180 g/mol. The standard InChI is InChI=1S/C73H129N2O7P/c1-7-10-13-16-19-22-25-28-30-32-34-35-36-37-38-39-41-43-45-48-51-54-57-60-63-66-73(77)82-71(64-61-58-55-52-49-46-27-24-21-18-15-12-9-3)70(69-81-83(78,79)80-68-67-75(4,5)6)74-72(76)65-62-59-56-53-50-47-44-42-40-33-31-29-26-23-20-17-14-11-8-2/h10,13,19-20,22-23,28-31,34-35,37-38,41,43,61,64,70-71H,7-9,11-12,14-18,21,24-27,32-33,36,39-40,42,44-60,62-63,65-69H2,1-6H3,(H-,74,76,78,79)/p+1/b13-10-,22-19-,23-20-,30-28-,31-29-,35-34-,38-37-,43-41-,64-61-. The van der Waals surface area contributed by atoms with E-state index in [2.05, 4.69) is 123 Å². The molecule has 0 aromatic carbocycles. The van der Waals surface area contributed by atoms with Crippen LogP contribution in [0.25, 0.3) is 0 Å². The van der Waals surface area contributed by atoms with Crippen LogP contribution in [0.2, 0.25) is 0 Å². The van der Waals surface area contributed by atoms with E-state index in [4.69, 9.17) is 13.8 Å². The molecule has 0 aliphatic carbocycles. The highest BCUT2D eigenvalue weighted by molar-refractivity contribution is 7.47. The lowest BCUT2D eigenvalue weighted by molar-refractivity contribution is -0.870. The first-order valence-electron chi connectivity index (χ1n) is 34.2. The third-order valence-electron chi connectivity index (χ3n) is 14.7.